The maximum Gasteiger partial charge on any atom is 0.247 e. The van der Waals surface area contributed by atoms with Crippen LogP contribution in [-0.4, -0.2) is 98.4 Å². The first-order chi connectivity index (χ1) is 19.0. The van der Waals surface area contributed by atoms with Crippen LogP contribution < -0.4 is 10.6 Å². The zero-order valence-electron chi connectivity index (χ0n) is 24.9. The van der Waals surface area contributed by atoms with E-state index in [4.69, 9.17) is 4.74 Å². The number of amides is 3. The number of halogens is 2. The normalized spacial score (nSPS) is 34.2. The third-order valence-corrected chi connectivity index (χ3v) is 10.3. The van der Waals surface area contributed by atoms with Crippen LogP contribution in [0.25, 0.3) is 0 Å². The number of hydrogen-bond donors (Lipinski definition) is 2. The number of nitrogens with one attached hydrogen (secondary N) is 2. The summed E-state index contributed by atoms with van der Waals surface area (Å²) >= 11 is 0. The number of alkyl halides is 2. The first-order valence-electron chi connectivity index (χ1n) is 15.4. The van der Waals surface area contributed by atoms with Crippen molar-refractivity contribution in [3.8, 4) is 0 Å². The van der Waals surface area contributed by atoms with Crippen LogP contribution in [0.4, 0.5) is 8.78 Å². The highest BCUT2D eigenvalue weighted by molar-refractivity contribution is 5.92. The van der Waals surface area contributed by atoms with Crippen molar-refractivity contribution in [1.29, 1.82) is 0 Å². The predicted molar refractivity (Wildman–Crippen MR) is 149 cm³/mol. The Morgan fingerprint density at radius 2 is 1.70 bits per heavy atom. The molecule has 3 unspecified atom stereocenters. The van der Waals surface area contributed by atoms with Crippen LogP contribution in [0.5, 0.6) is 0 Å². The average molecular weight is 569 g/mol. The van der Waals surface area contributed by atoms with Gasteiger partial charge >= 0.3 is 0 Å². The van der Waals surface area contributed by atoms with E-state index in [1.165, 1.54) is 0 Å². The fourth-order valence-electron chi connectivity index (χ4n) is 7.41. The molecule has 2 saturated heterocycles. The standard InChI is InChI=1S/C30H50F2N4O4/c1-29(2,33-3)27(38)34-25(18-40-17-20-6-10-22(31)11-7-20)26(37)36-15-5-14-30(19-36)24(16-35(4)28(30)39)21-8-12-23(32)13-9-21/h20-25,33H,5-19H2,1-4H3,(H,34,38). The van der Waals surface area contributed by atoms with Crippen molar-refractivity contribution in [3.05, 3.63) is 0 Å². The zero-order valence-corrected chi connectivity index (χ0v) is 24.9. The lowest BCUT2D eigenvalue weighted by Crippen LogP contribution is -2.61. The SMILES string of the molecule is CNC(C)(C)C(=O)NC(COCC1CCC(F)CC1)C(=O)N1CCCC2(C1)C(=O)N(C)CC2C1CCC(F)CC1. The fraction of sp³-hybridized carbons (Fsp3) is 0.900. The molecule has 0 aromatic rings. The molecular formula is C30H50F2N4O4. The molecule has 0 radical (unpaired) electrons. The number of hydrogen-bond acceptors (Lipinski definition) is 5. The Morgan fingerprint density at radius 3 is 2.33 bits per heavy atom. The maximum atomic E-state index is 14.0. The second kappa shape index (κ2) is 13.0. The van der Waals surface area contributed by atoms with Crippen molar-refractivity contribution < 1.29 is 27.9 Å². The highest BCUT2D eigenvalue weighted by atomic mass is 19.1. The molecule has 0 bridgehead atoms. The van der Waals surface area contributed by atoms with E-state index in [0.717, 1.165) is 32.1 Å². The van der Waals surface area contributed by atoms with E-state index in [1.54, 1.807) is 30.7 Å². The monoisotopic (exact) mass is 568 g/mol. The lowest BCUT2D eigenvalue weighted by Gasteiger charge is -2.46. The van der Waals surface area contributed by atoms with Gasteiger partial charge in [0.05, 0.1) is 17.6 Å². The number of likely N-dealkylation sites (N-methyl/N-ethyl adjacent to an activating group) is 1. The van der Waals surface area contributed by atoms with Gasteiger partial charge in [-0.1, -0.05) is 0 Å². The van der Waals surface area contributed by atoms with Gasteiger partial charge in [-0.25, -0.2) is 8.78 Å². The van der Waals surface area contributed by atoms with Gasteiger partial charge in [0, 0.05) is 33.3 Å². The van der Waals surface area contributed by atoms with E-state index in [-0.39, 0.29) is 42.1 Å². The summed E-state index contributed by atoms with van der Waals surface area (Å²) < 4.78 is 33.5. The van der Waals surface area contributed by atoms with E-state index in [0.29, 0.717) is 58.3 Å². The quantitative estimate of drug-likeness (QED) is 0.446. The van der Waals surface area contributed by atoms with Gasteiger partial charge in [-0.3, -0.25) is 14.4 Å². The van der Waals surface area contributed by atoms with E-state index in [2.05, 4.69) is 10.6 Å². The molecule has 2 heterocycles. The number of carbonyl (C=O) groups is 3. The Balaban J connectivity index is 1.48. The zero-order chi connectivity index (χ0) is 29.1. The van der Waals surface area contributed by atoms with E-state index < -0.39 is 29.3 Å². The number of piperidine rings is 1. The van der Waals surface area contributed by atoms with Crippen LogP contribution >= 0.6 is 0 Å². The molecule has 3 atom stereocenters. The van der Waals surface area contributed by atoms with Crippen LogP contribution in [-0.2, 0) is 19.1 Å². The number of nitrogens with zero attached hydrogens (tertiary/aromatic N) is 2. The van der Waals surface area contributed by atoms with Crippen LogP contribution in [0.1, 0.15) is 78.1 Å². The number of carbonyl (C=O) groups excluding carboxylic acids is 3. The van der Waals surface area contributed by atoms with Gasteiger partial charge in [0.15, 0.2) is 0 Å². The van der Waals surface area contributed by atoms with Gasteiger partial charge in [0.1, 0.15) is 18.4 Å². The molecule has 2 N–H and O–H groups in total. The first-order valence-corrected chi connectivity index (χ1v) is 15.4. The second-order valence-electron chi connectivity index (χ2n) is 13.4. The summed E-state index contributed by atoms with van der Waals surface area (Å²) in [6.07, 6.45) is 5.15. The van der Waals surface area contributed by atoms with Crippen molar-refractivity contribution in [3.63, 3.8) is 0 Å². The number of likely N-dealkylation sites (tertiary alicyclic amines) is 2. The summed E-state index contributed by atoms with van der Waals surface area (Å²) in [6, 6.07) is -0.887. The molecule has 0 aromatic heterocycles. The molecule has 4 fully saturated rings. The molecule has 0 aromatic carbocycles. The molecule has 3 amide bonds. The predicted octanol–water partition coefficient (Wildman–Crippen LogP) is 3.24. The average Bonchev–Trinajstić information content (AvgIpc) is 3.18. The second-order valence-corrected chi connectivity index (χ2v) is 13.4. The minimum atomic E-state index is -0.887. The van der Waals surface area contributed by atoms with Gasteiger partial charge in [-0.15, -0.1) is 0 Å². The summed E-state index contributed by atoms with van der Waals surface area (Å²) in [5, 5.41) is 5.90. The van der Waals surface area contributed by atoms with E-state index in [9.17, 15) is 23.2 Å². The molecular weight excluding hydrogens is 518 g/mol. The Labute approximate surface area is 238 Å². The molecule has 10 heteroatoms. The summed E-state index contributed by atoms with van der Waals surface area (Å²) in [4.78, 5) is 44.3. The molecule has 4 aliphatic rings. The van der Waals surface area contributed by atoms with Crippen molar-refractivity contribution >= 4 is 17.7 Å². The molecule has 2 saturated carbocycles. The van der Waals surface area contributed by atoms with Crippen LogP contribution in [0.15, 0.2) is 0 Å². The summed E-state index contributed by atoms with van der Waals surface area (Å²) in [5.74, 6) is 0.141. The smallest absolute Gasteiger partial charge is 0.247 e. The van der Waals surface area contributed by atoms with Crippen LogP contribution in [0, 0.1) is 23.2 Å². The summed E-state index contributed by atoms with van der Waals surface area (Å²) in [5.41, 5.74) is -1.55. The Kier molecular flexibility index (Phi) is 10.1. The fourth-order valence-corrected chi connectivity index (χ4v) is 7.41. The minimum absolute atomic E-state index is 0.0290. The third kappa shape index (κ3) is 6.80. The van der Waals surface area contributed by atoms with Gasteiger partial charge in [0.2, 0.25) is 17.7 Å². The van der Waals surface area contributed by atoms with Crippen LogP contribution in [0.3, 0.4) is 0 Å². The third-order valence-electron chi connectivity index (χ3n) is 10.3. The highest BCUT2D eigenvalue weighted by Gasteiger charge is 2.57. The van der Waals surface area contributed by atoms with Crippen molar-refractivity contribution in [2.45, 2.75) is 102 Å². The van der Waals surface area contributed by atoms with Gasteiger partial charge in [-0.05, 0) is 103 Å². The topological polar surface area (TPSA) is 91.0 Å². The minimum Gasteiger partial charge on any atom is -0.378 e. The first kappa shape index (κ1) is 31.1. The van der Waals surface area contributed by atoms with Crippen molar-refractivity contribution in [2.24, 2.45) is 23.2 Å². The van der Waals surface area contributed by atoms with Gasteiger partial charge < -0.3 is 25.2 Å². The summed E-state index contributed by atoms with van der Waals surface area (Å²) in [7, 11) is 3.53. The Bertz CT molecular complexity index is 904. The van der Waals surface area contributed by atoms with Gasteiger partial charge in [0.25, 0.3) is 0 Å². The molecule has 2 aliphatic carbocycles. The Hall–Kier alpha value is -1.81. The maximum absolute atomic E-state index is 14.0. The van der Waals surface area contributed by atoms with Crippen molar-refractivity contribution in [1.82, 2.24) is 20.4 Å². The molecule has 1 spiro atoms. The Morgan fingerprint density at radius 1 is 1.07 bits per heavy atom. The molecule has 8 nitrogen and oxygen atoms in total. The van der Waals surface area contributed by atoms with Gasteiger partial charge in [-0.2, -0.15) is 0 Å². The van der Waals surface area contributed by atoms with Crippen LogP contribution in [0.2, 0.25) is 0 Å². The van der Waals surface area contributed by atoms with Crippen molar-refractivity contribution in [2.75, 3.05) is 46.9 Å². The molecule has 2 aliphatic heterocycles. The largest absolute Gasteiger partial charge is 0.378 e. The molecule has 4 rings (SSSR count). The molecule has 228 valence electrons. The molecule has 40 heavy (non-hydrogen) atoms. The number of ether oxygens (including phenoxy) is 1. The highest BCUT2D eigenvalue weighted by Crippen LogP contribution is 2.50. The lowest BCUT2D eigenvalue weighted by atomic mass is 9.63. The van der Waals surface area contributed by atoms with E-state index >= 15 is 0 Å². The summed E-state index contributed by atoms with van der Waals surface area (Å²) in [6.45, 7) is 5.43. The number of rotatable bonds is 9. The lowest BCUT2D eigenvalue weighted by molar-refractivity contribution is -0.149. The van der Waals surface area contributed by atoms with E-state index in [1.807, 2.05) is 7.05 Å².